The molecule has 0 saturated carbocycles. The molecule has 0 saturated heterocycles. The Hall–Kier alpha value is -1.79. The third-order valence-corrected chi connectivity index (χ3v) is 1.27. The lowest BCUT2D eigenvalue weighted by atomic mass is 10.3. The first-order valence-corrected chi connectivity index (χ1v) is 4.35. The van der Waals surface area contributed by atoms with Gasteiger partial charge in [0.05, 0.1) is 6.08 Å². The van der Waals surface area contributed by atoms with E-state index in [-0.39, 0.29) is 0 Å². The zero-order chi connectivity index (χ0) is 10.6. The van der Waals surface area contributed by atoms with Crippen molar-refractivity contribution in [2.45, 2.75) is 13.3 Å². The van der Waals surface area contributed by atoms with Gasteiger partial charge in [-0.3, -0.25) is 0 Å². The van der Waals surface area contributed by atoms with Crippen LogP contribution in [0.2, 0.25) is 0 Å². The molecule has 0 radical (unpaired) electrons. The van der Waals surface area contributed by atoms with Gasteiger partial charge >= 0.3 is 5.97 Å². The molecule has 0 aliphatic rings. The van der Waals surface area contributed by atoms with Crippen molar-refractivity contribution in [3.05, 3.63) is 54.3 Å². The minimum absolute atomic E-state index is 0.912. The highest BCUT2D eigenvalue weighted by Gasteiger charge is 1.77. The molecule has 0 aliphatic carbocycles. The molecule has 0 heterocycles. The van der Waals surface area contributed by atoms with E-state index in [0.29, 0.717) is 0 Å². The van der Waals surface area contributed by atoms with Crippen LogP contribution < -0.4 is 0 Å². The third-order valence-electron chi connectivity index (χ3n) is 1.27. The molecular weight excluding hydrogens is 176 g/mol. The molecule has 0 spiro atoms. The van der Waals surface area contributed by atoms with Gasteiger partial charge in [-0.1, -0.05) is 36.5 Å². The quantitative estimate of drug-likeness (QED) is 0.313. The molecule has 0 unspecified atom stereocenters. The fourth-order valence-electron chi connectivity index (χ4n) is 0.666. The summed E-state index contributed by atoms with van der Waals surface area (Å²) in [4.78, 5) is 10.0. The smallest absolute Gasteiger partial charge is 0.336 e. The zero-order valence-electron chi connectivity index (χ0n) is 8.18. The van der Waals surface area contributed by atoms with E-state index >= 15 is 0 Å². The van der Waals surface area contributed by atoms with Crippen LogP contribution in [0, 0.1) is 0 Å². The molecule has 2 nitrogen and oxygen atoms in total. The van der Waals surface area contributed by atoms with Crippen molar-refractivity contribution in [3.8, 4) is 0 Å². The predicted molar refractivity (Wildman–Crippen MR) is 58.0 cm³/mol. The molecule has 0 amide bonds. The maximum absolute atomic E-state index is 10.0. The Morgan fingerprint density at radius 3 is 2.71 bits per heavy atom. The maximum atomic E-state index is 10.0. The summed E-state index contributed by atoms with van der Waals surface area (Å²) in [7, 11) is 0. The number of carboxylic acid groups (broad SMARTS) is 1. The summed E-state index contributed by atoms with van der Waals surface area (Å²) in [5.41, 5.74) is 2.50. The monoisotopic (exact) mass is 190 g/mol. The van der Waals surface area contributed by atoms with Gasteiger partial charge < -0.3 is 5.11 Å². The molecule has 0 aromatic heterocycles. The Labute approximate surface area is 84.3 Å². The number of hydrogen-bond acceptors (Lipinski definition) is 1. The Balaban J connectivity index is 3.79. The summed E-state index contributed by atoms with van der Waals surface area (Å²) in [6.07, 6.45) is 14.9. The topological polar surface area (TPSA) is 37.3 Å². The van der Waals surface area contributed by atoms with Crippen LogP contribution in [0.4, 0.5) is 0 Å². The van der Waals surface area contributed by atoms with Gasteiger partial charge in [0.15, 0.2) is 0 Å². The minimum Gasteiger partial charge on any atom is -0.478 e. The van der Waals surface area contributed by atoms with Crippen molar-refractivity contribution in [1.29, 1.82) is 0 Å². The summed E-state index contributed by atoms with van der Waals surface area (Å²) in [5.74, 6) is -0.988. The van der Waals surface area contributed by atoms with E-state index in [4.69, 9.17) is 5.11 Å². The fourth-order valence-corrected chi connectivity index (χ4v) is 0.666. The highest BCUT2D eigenvalue weighted by Crippen LogP contribution is 1.86. The average Bonchev–Trinajstić information content (AvgIpc) is 2.15. The van der Waals surface area contributed by atoms with Gasteiger partial charge in [0, 0.05) is 0 Å². The van der Waals surface area contributed by atoms with Gasteiger partial charge in [0.2, 0.25) is 0 Å². The van der Waals surface area contributed by atoms with Crippen LogP contribution in [0.3, 0.4) is 0 Å². The minimum atomic E-state index is -0.988. The standard InChI is InChI=1S/C12H14O2/c1-2-3-4-5-6-7-8-9-10-11-12(13)14/h2-3,5-9,11H,4H2,1H3,(H,13,14). The zero-order valence-corrected chi connectivity index (χ0v) is 8.18. The molecule has 0 bridgehead atoms. The van der Waals surface area contributed by atoms with Crippen LogP contribution in [0.5, 0.6) is 0 Å². The highest BCUT2D eigenvalue weighted by atomic mass is 16.4. The van der Waals surface area contributed by atoms with Gasteiger partial charge in [-0.2, -0.15) is 0 Å². The molecule has 14 heavy (non-hydrogen) atoms. The number of aliphatic carboxylic acids is 1. The largest absolute Gasteiger partial charge is 0.478 e. The highest BCUT2D eigenvalue weighted by molar-refractivity contribution is 5.79. The first-order chi connectivity index (χ1) is 6.77. The van der Waals surface area contributed by atoms with Gasteiger partial charge in [0.25, 0.3) is 0 Å². The Kier molecular flexibility index (Phi) is 8.11. The number of allylic oxidation sites excluding steroid dienone is 6. The second-order valence-electron chi connectivity index (χ2n) is 2.43. The van der Waals surface area contributed by atoms with Crippen LogP contribution in [0.25, 0.3) is 0 Å². The summed E-state index contributed by atoms with van der Waals surface area (Å²) in [5, 5.41) is 8.23. The van der Waals surface area contributed by atoms with E-state index in [1.165, 1.54) is 0 Å². The Morgan fingerprint density at radius 1 is 1.29 bits per heavy atom. The SMILES string of the molecule is CC=CCC=CC=CC=C=CC(=O)O. The molecule has 0 aromatic carbocycles. The van der Waals surface area contributed by atoms with Crippen LogP contribution >= 0.6 is 0 Å². The lowest BCUT2D eigenvalue weighted by Crippen LogP contribution is -1.83. The van der Waals surface area contributed by atoms with Crippen molar-refractivity contribution in [2.75, 3.05) is 0 Å². The first-order valence-electron chi connectivity index (χ1n) is 4.35. The van der Waals surface area contributed by atoms with Crippen LogP contribution in [-0.2, 0) is 4.79 Å². The lowest BCUT2D eigenvalue weighted by molar-refractivity contribution is -0.131. The predicted octanol–water partition coefficient (Wildman–Crippen LogP) is 2.86. The van der Waals surface area contributed by atoms with Crippen molar-refractivity contribution >= 4 is 5.97 Å². The van der Waals surface area contributed by atoms with E-state index in [9.17, 15) is 4.79 Å². The molecule has 2 heteroatoms. The molecule has 1 N–H and O–H groups in total. The molecule has 0 fully saturated rings. The Bertz CT molecular complexity index is 300. The summed E-state index contributed by atoms with van der Waals surface area (Å²) in [6, 6.07) is 0. The van der Waals surface area contributed by atoms with Crippen LogP contribution in [0.15, 0.2) is 54.3 Å². The van der Waals surface area contributed by atoms with Gasteiger partial charge in [-0.05, 0) is 19.4 Å². The lowest BCUT2D eigenvalue weighted by Gasteiger charge is -1.76. The van der Waals surface area contributed by atoms with E-state index in [1.807, 2.05) is 37.3 Å². The number of hydrogen-bond donors (Lipinski definition) is 1. The number of carboxylic acids is 1. The summed E-state index contributed by atoms with van der Waals surface area (Å²) >= 11 is 0. The Morgan fingerprint density at radius 2 is 2.07 bits per heavy atom. The van der Waals surface area contributed by atoms with E-state index in [2.05, 4.69) is 5.73 Å². The van der Waals surface area contributed by atoms with Crippen LogP contribution in [0.1, 0.15) is 13.3 Å². The van der Waals surface area contributed by atoms with Gasteiger partial charge in [-0.15, -0.1) is 5.73 Å². The first kappa shape index (κ1) is 12.2. The average molecular weight is 190 g/mol. The number of carbonyl (C=O) groups is 1. The van der Waals surface area contributed by atoms with Crippen molar-refractivity contribution in [3.63, 3.8) is 0 Å². The van der Waals surface area contributed by atoms with E-state index < -0.39 is 5.97 Å². The van der Waals surface area contributed by atoms with Crippen molar-refractivity contribution in [1.82, 2.24) is 0 Å². The molecule has 0 atom stereocenters. The third kappa shape index (κ3) is 10.2. The fraction of sp³-hybridized carbons (Fsp3) is 0.167. The molecular formula is C12H14O2. The van der Waals surface area contributed by atoms with Crippen molar-refractivity contribution in [2.24, 2.45) is 0 Å². The van der Waals surface area contributed by atoms with E-state index in [1.54, 1.807) is 12.2 Å². The molecule has 0 rings (SSSR count). The normalized spacial score (nSPS) is 10.9. The van der Waals surface area contributed by atoms with Crippen LogP contribution in [-0.4, -0.2) is 11.1 Å². The molecule has 74 valence electrons. The number of rotatable bonds is 5. The maximum Gasteiger partial charge on any atom is 0.336 e. The molecule has 0 aromatic rings. The summed E-state index contributed by atoms with van der Waals surface area (Å²) < 4.78 is 0. The summed E-state index contributed by atoms with van der Waals surface area (Å²) in [6.45, 7) is 1.98. The van der Waals surface area contributed by atoms with Gasteiger partial charge in [-0.25, -0.2) is 4.79 Å². The second kappa shape index (κ2) is 9.30. The van der Waals surface area contributed by atoms with Crippen molar-refractivity contribution < 1.29 is 9.90 Å². The van der Waals surface area contributed by atoms with E-state index in [0.717, 1.165) is 12.5 Å². The second-order valence-corrected chi connectivity index (χ2v) is 2.43. The van der Waals surface area contributed by atoms with Gasteiger partial charge in [0.1, 0.15) is 0 Å². The molecule has 0 aliphatic heterocycles.